The minimum atomic E-state index is -2.22. The molecule has 1 aromatic carbocycles. The normalized spacial score (nSPS) is 16.0. The van der Waals surface area contributed by atoms with Gasteiger partial charge in [-0.1, -0.05) is 85.7 Å². The van der Waals surface area contributed by atoms with E-state index in [2.05, 4.69) is 108 Å². The number of aliphatic hydroxyl groups is 4. The fourth-order valence-electron chi connectivity index (χ4n) is 14.7. The van der Waals surface area contributed by atoms with E-state index >= 15 is 0 Å². The summed E-state index contributed by atoms with van der Waals surface area (Å²) in [5.74, 6) is -36.4. The summed E-state index contributed by atoms with van der Waals surface area (Å²) in [7, 11) is 0. The number of carboxylic acid groups (broad SMARTS) is 5. The number of carbonyl (C=O) groups is 26. The maximum Gasteiger partial charge on any atom is 0.322 e. The molecule has 0 radical (unpaired) electrons. The third-order valence-electron chi connectivity index (χ3n) is 22.7. The van der Waals surface area contributed by atoms with Crippen LogP contribution >= 0.6 is 12.6 Å². The van der Waals surface area contributed by atoms with Crippen LogP contribution in [0.1, 0.15) is 164 Å². The number of primary amides is 2. The first-order valence-electron chi connectivity index (χ1n) is 47.6. The average Bonchev–Trinajstić information content (AvgIpc) is 1.67. The van der Waals surface area contributed by atoms with Gasteiger partial charge in [0.25, 0.3) is 0 Å². The number of aliphatic carboxylic acids is 5. The Bertz CT molecular complexity index is 5070. The zero-order chi connectivity index (χ0) is 114. The molecule has 2 aromatic rings. The van der Waals surface area contributed by atoms with Crippen molar-refractivity contribution in [1.29, 1.82) is 0 Å². The maximum atomic E-state index is 14.5. The summed E-state index contributed by atoms with van der Waals surface area (Å²) in [6, 6.07) is -27.1. The van der Waals surface area contributed by atoms with Crippen LogP contribution in [0.3, 0.4) is 0 Å². The highest BCUT2D eigenvalue weighted by atomic mass is 32.1. The summed E-state index contributed by atoms with van der Waals surface area (Å²) >= 11 is 4.10. The fourth-order valence-corrected chi connectivity index (χ4v) is 15.0. The topological polar surface area (TPSA) is 952 Å². The molecule has 20 atom stereocenters. The van der Waals surface area contributed by atoms with Crippen LogP contribution in [-0.2, 0) is 137 Å². The largest absolute Gasteiger partial charge is 0.481 e. The van der Waals surface area contributed by atoms with Crippen molar-refractivity contribution in [2.45, 2.75) is 286 Å². The number of hydrogen-bond acceptors (Lipinski definition) is 33. The Kier molecular flexibility index (Phi) is 55.1. The number of aromatic nitrogens is 2. The van der Waals surface area contributed by atoms with Gasteiger partial charge in [-0.25, -0.2) is 4.98 Å². The van der Waals surface area contributed by atoms with Gasteiger partial charge in [0, 0.05) is 50.6 Å². The Labute approximate surface area is 864 Å². The molecule has 1 aromatic heterocycles. The van der Waals surface area contributed by atoms with Crippen LogP contribution in [0.15, 0.2) is 42.9 Å². The van der Waals surface area contributed by atoms with Crippen LogP contribution in [0, 0.1) is 23.7 Å². The molecule has 60 heteroatoms. The number of imidazole rings is 1. The number of carbonyl (C=O) groups excluding carboxylic acids is 21. The van der Waals surface area contributed by atoms with Gasteiger partial charge in [0.05, 0.1) is 63.3 Å². The molecule has 150 heavy (non-hydrogen) atoms. The summed E-state index contributed by atoms with van der Waals surface area (Å²) < 4.78 is 0. The number of carboxylic acids is 5. The summed E-state index contributed by atoms with van der Waals surface area (Å²) in [6.45, 7) is 9.99. The van der Waals surface area contributed by atoms with Crippen molar-refractivity contribution in [1.82, 2.24) is 111 Å². The van der Waals surface area contributed by atoms with Gasteiger partial charge in [-0.2, -0.15) is 12.6 Å². The van der Waals surface area contributed by atoms with E-state index < -0.39 is 395 Å². The SMILES string of the molecule is CC(C)C[C@H](NC(=O)[C@H](CC(N)=O)NC(=O)[C@H](CC(=O)O)NC(=O)[C@H](Cc1ccccc1)NC(=O)[C@@H](NC(=O)[C@H](CS)NC(=O)[C@H](CO)NC(=O)[C@H](CO)NC(=O)[C@H](CCC(N)=O)NC(=O)[C@H](CC(=O)O)NC(=O)[C@H](C)NC(=O)[C@H](Cc1c[nH]cn1)NC(=O)[C@@H](NC(=O)[C@@H](NC(=O)[C@H](CCC(=O)O)NC(=O)[C@H](CCC(=O)O)NC(=O)[C@@H](N)CC(C)C)C(C)C)C(C)C)[C@@H](C)O)C(=O)N[C@@H](CO)C(=O)N1CCC[C@H]1C(=O)NCC(=O)O. The van der Waals surface area contributed by atoms with Gasteiger partial charge in [-0.3, -0.25) is 125 Å². The Morgan fingerprint density at radius 1 is 0.393 bits per heavy atom. The van der Waals surface area contributed by atoms with Crippen LogP contribution in [0.5, 0.6) is 0 Å². The number of hydrogen-bond donors (Lipinski definition) is 32. The Morgan fingerprint density at radius 2 is 0.760 bits per heavy atom. The lowest BCUT2D eigenvalue weighted by molar-refractivity contribution is -0.144. The number of thiol groups is 1. The molecule has 59 nitrogen and oxygen atoms in total. The van der Waals surface area contributed by atoms with Crippen molar-refractivity contribution in [2.24, 2.45) is 40.9 Å². The van der Waals surface area contributed by atoms with Crippen LogP contribution in [0.25, 0.3) is 0 Å². The second kappa shape index (κ2) is 64.1. The number of aromatic amines is 1. The van der Waals surface area contributed by atoms with Crippen molar-refractivity contribution in [3.63, 3.8) is 0 Å². The summed E-state index contributed by atoms with van der Waals surface area (Å²) in [5, 5.41) is 131. The standard InChI is InChI=1S/C90H138N24O35S/c1-39(2)25-47(91)73(132)98-49(19-22-64(121)122)74(133)99-50(20-23-65(123)124)76(135)111-70(42(7)8)88(147)112-69(41(5)6)87(146)106-53(28-46-32-94-38-96-46)77(136)97-43(9)72(131)101-55(30-66(125)126)81(140)100-48(18-21-62(92)119)75(134)107-57(34-115)83(142)108-58(35-116)84(143)110-60(37-150)85(144)113-71(44(10)118)89(148)105-52(27-45-15-12-11-13-16-45)79(138)104-56(31-67(127)128)82(141)103-54(29-63(93)120)80(139)102-51(26-40(3)4)78(137)109-59(36-117)90(149)114-24-14-17-61(114)86(145)95-33-68(129)130/h11-13,15-16,32,38-44,47-61,69-71,115-118,150H,14,17-31,33-37,91H2,1-10H3,(H2,92,119)(H2,93,120)(H,94,96)(H,95,145)(H,97,136)(H,98,132)(H,99,133)(H,100,140)(H,101,131)(H,102,139)(H,103,141)(H,104,138)(H,105,148)(H,106,146)(H,107,134)(H,108,142)(H,109,137)(H,110,143)(H,111,135)(H,112,147)(H,113,144)(H,121,122)(H,123,124)(H,125,126)(H,127,128)(H,129,130)/t43-,44+,47-,48-,49-,50-,51-,52-,53-,54-,55-,56-,57-,58-,59-,60-,61-,69-,70-,71-/m0/s1. The van der Waals surface area contributed by atoms with E-state index in [1.165, 1.54) is 64.5 Å². The molecule has 1 aliphatic rings. The monoisotopic (exact) mass is 2150 g/mol. The highest BCUT2D eigenvalue weighted by Crippen LogP contribution is 2.21. The minimum absolute atomic E-state index is 0.0464. The second-order valence-corrected chi connectivity index (χ2v) is 37.2. The lowest BCUT2D eigenvalue weighted by atomic mass is 9.98. The molecule has 1 fully saturated rings. The number of aliphatic hydroxyl groups excluding tert-OH is 4. The van der Waals surface area contributed by atoms with Crippen LogP contribution in [-0.4, -0.2) is 374 Å². The quantitative estimate of drug-likeness (QED) is 0.0274. The van der Waals surface area contributed by atoms with Gasteiger partial charge in [0.1, 0.15) is 115 Å². The molecular formula is C90H138N24O35S. The highest BCUT2D eigenvalue weighted by molar-refractivity contribution is 7.80. The van der Waals surface area contributed by atoms with E-state index in [1.807, 2.05) is 10.6 Å². The zero-order valence-electron chi connectivity index (χ0n) is 84.0. The maximum absolute atomic E-state index is 14.5. The molecule has 0 spiro atoms. The average molecular weight is 2150 g/mol. The summed E-state index contributed by atoms with van der Waals surface area (Å²) in [5.41, 5.74) is 17.2. The molecule has 0 bridgehead atoms. The third kappa shape index (κ3) is 45.2. The number of nitrogens with two attached hydrogens (primary N) is 3. The Balaban J connectivity index is 1.84. The van der Waals surface area contributed by atoms with E-state index in [0.717, 1.165) is 18.7 Å². The van der Waals surface area contributed by atoms with E-state index in [4.69, 9.17) is 22.3 Å². The lowest BCUT2D eigenvalue weighted by Gasteiger charge is -2.30. The van der Waals surface area contributed by atoms with E-state index in [0.29, 0.717) is 0 Å². The Morgan fingerprint density at radius 3 is 1.19 bits per heavy atom. The highest BCUT2D eigenvalue weighted by Gasteiger charge is 2.44. The van der Waals surface area contributed by atoms with Crippen molar-refractivity contribution in [2.75, 3.05) is 38.7 Å². The molecule has 34 N–H and O–H groups in total. The van der Waals surface area contributed by atoms with Gasteiger partial charge in [0.2, 0.25) is 124 Å². The smallest absolute Gasteiger partial charge is 0.322 e. The molecule has 0 saturated carbocycles. The molecule has 1 aliphatic heterocycles. The van der Waals surface area contributed by atoms with E-state index in [-0.39, 0.29) is 49.4 Å². The zero-order valence-corrected chi connectivity index (χ0v) is 84.9. The molecule has 21 amide bonds. The lowest BCUT2D eigenvalue weighted by Crippen LogP contribution is -2.63. The van der Waals surface area contributed by atoms with Gasteiger partial charge in [-0.15, -0.1) is 0 Å². The van der Waals surface area contributed by atoms with Gasteiger partial charge in [-0.05, 0) is 88.0 Å². The molecule has 0 aliphatic carbocycles. The van der Waals surface area contributed by atoms with Crippen molar-refractivity contribution >= 4 is 167 Å². The van der Waals surface area contributed by atoms with Crippen molar-refractivity contribution in [3.8, 4) is 0 Å². The molecule has 834 valence electrons. The van der Waals surface area contributed by atoms with Crippen LogP contribution in [0.2, 0.25) is 0 Å². The number of benzene rings is 1. The number of nitrogens with one attached hydrogen (secondary N) is 19. The molecule has 1 saturated heterocycles. The van der Waals surface area contributed by atoms with Gasteiger partial charge >= 0.3 is 29.8 Å². The molecule has 3 rings (SSSR count). The summed E-state index contributed by atoms with van der Waals surface area (Å²) in [6.07, 6.45) is -7.75. The molecular weight excluding hydrogens is 2010 g/mol. The van der Waals surface area contributed by atoms with Crippen molar-refractivity contribution in [3.05, 3.63) is 54.1 Å². The number of amides is 21. The first kappa shape index (κ1) is 129. The van der Waals surface area contributed by atoms with Crippen LogP contribution in [0.4, 0.5) is 0 Å². The first-order valence-corrected chi connectivity index (χ1v) is 48.2. The van der Waals surface area contributed by atoms with Crippen LogP contribution < -0.4 is 113 Å². The second-order valence-electron chi connectivity index (χ2n) is 36.8. The van der Waals surface area contributed by atoms with Gasteiger partial charge in [0.15, 0.2) is 0 Å². The first-order chi connectivity index (χ1) is 70.3. The summed E-state index contributed by atoms with van der Waals surface area (Å²) in [4.78, 5) is 357. The Hall–Kier alpha value is -15.2. The molecule has 2 heterocycles. The van der Waals surface area contributed by atoms with Gasteiger partial charge < -0.3 is 169 Å². The van der Waals surface area contributed by atoms with E-state index in [1.54, 1.807) is 33.8 Å². The molecule has 0 unspecified atom stereocenters. The predicted molar refractivity (Wildman–Crippen MR) is 520 cm³/mol. The number of H-pyrrole nitrogens is 1. The van der Waals surface area contributed by atoms with Crippen molar-refractivity contribution < 1.29 is 171 Å². The third-order valence-corrected chi connectivity index (χ3v) is 23.0. The fraction of sp³-hybridized carbons (Fsp3) is 0.611. The number of likely N-dealkylation sites (tertiary alicyclic amines) is 1. The van der Waals surface area contributed by atoms with E-state index in [9.17, 15) is 166 Å². The minimum Gasteiger partial charge on any atom is -0.481 e. The number of rotatable bonds is 68. The predicted octanol–water partition coefficient (Wildman–Crippen LogP) is -12.5. The number of nitrogens with zero attached hydrogens (tertiary/aromatic N) is 2.